The monoisotopic (exact) mass is 495 g/mol. The minimum Gasteiger partial charge on any atom is -0.442 e. The first-order valence-corrected chi connectivity index (χ1v) is 11.5. The smallest absolute Gasteiger partial charge is 0.437 e. The van der Waals surface area contributed by atoms with Crippen LogP contribution in [0.3, 0.4) is 0 Å². The molecular formula is C23H34ClN5O5. The summed E-state index contributed by atoms with van der Waals surface area (Å²) in [7, 11) is 0. The van der Waals surface area contributed by atoms with Crippen LogP contribution in [0, 0.1) is 0 Å². The number of hydrogen-bond acceptors (Lipinski definition) is 6. The van der Waals surface area contributed by atoms with Gasteiger partial charge in [0.1, 0.15) is 11.2 Å². The number of amides is 3. The average molecular weight is 496 g/mol. The summed E-state index contributed by atoms with van der Waals surface area (Å²) in [6, 6.07) is 7.11. The second kappa shape index (κ2) is 11.1. The Balaban J connectivity index is 2.16. The van der Waals surface area contributed by atoms with E-state index in [4.69, 9.17) is 26.8 Å². The lowest BCUT2D eigenvalue weighted by Crippen LogP contribution is -2.60. The van der Waals surface area contributed by atoms with Crippen LogP contribution in [0.1, 0.15) is 57.5 Å². The van der Waals surface area contributed by atoms with Crippen LogP contribution in [0.15, 0.2) is 29.3 Å². The Morgan fingerprint density at radius 2 is 1.50 bits per heavy atom. The van der Waals surface area contributed by atoms with E-state index < -0.39 is 23.4 Å². The van der Waals surface area contributed by atoms with Crippen molar-refractivity contribution in [3.63, 3.8) is 0 Å². The third-order valence-electron chi connectivity index (χ3n) is 4.56. The first-order valence-electron chi connectivity index (χ1n) is 11.0. The Morgan fingerprint density at radius 3 is 1.97 bits per heavy atom. The van der Waals surface area contributed by atoms with Gasteiger partial charge in [-0.2, -0.15) is 5.01 Å². The van der Waals surface area contributed by atoms with E-state index in [1.807, 2.05) is 12.1 Å². The summed E-state index contributed by atoms with van der Waals surface area (Å²) in [5.74, 6) is -0.125. The fourth-order valence-electron chi connectivity index (χ4n) is 3.10. The van der Waals surface area contributed by atoms with E-state index in [2.05, 4.69) is 4.99 Å². The summed E-state index contributed by atoms with van der Waals surface area (Å²) in [5, 5.41) is 2.61. The molecule has 0 atom stereocenters. The van der Waals surface area contributed by atoms with Crippen molar-refractivity contribution in [1.29, 1.82) is 0 Å². The quantitative estimate of drug-likeness (QED) is 0.386. The highest BCUT2D eigenvalue weighted by Gasteiger charge is 2.34. The molecule has 1 aliphatic heterocycles. The molecule has 2 N–H and O–H groups in total. The second-order valence-electron chi connectivity index (χ2n) is 9.82. The van der Waals surface area contributed by atoms with Crippen LogP contribution in [0.25, 0.3) is 0 Å². The molecule has 0 spiro atoms. The van der Waals surface area contributed by atoms with Crippen LogP contribution < -0.4 is 5.73 Å². The maximum absolute atomic E-state index is 12.9. The lowest BCUT2D eigenvalue weighted by Gasteiger charge is -2.40. The number of rotatable bonds is 3. The SMILES string of the molecule is CC(C)(C)OC(=O)N=C(N)N(C(=O)OC(C)(C)C)N1CCN(C(=O)c2ccc(CCl)cc2)CC1. The van der Waals surface area contributed by atoms with Gasteiger partial charge in [0, 0.05) is 37.6 Å². The standard InChI is InChI=1S/C23H34ClN5O5/c1-22(2,3)33-20(31)26-19(25)29(21(32)34-23(4,5)6)28-13-11-27(12-14-28)18(30)17-9-7-16(15-24)8-10-17/h7-10H,11-15H2,1-6H3,(H2,25,26,31). The Labute approximate surface area is 205 Å². The molecule has 0 unspecified atom stereocenters. The lowest BCUT2D eigenvalue weighted by atomic mass is 10.1. The number of guanidine groups is 1. The van der Waals surface area contributed by atoms with Gasteiger partial charge in [0.2, 0.25) is 5.96 Å². The molecule has 1 aliphatic rings. The number of piperazine rings is 1. The molecule has 188 valence electrons. The molecule has 0 saturated carbocycles. The van der Waals surface area contributed by atoms with E-state index in [0.717, 1.165) is 10.6 Å². The van der Waals surface area contributed by atoms with Crippen LogP contribution in [0.2, 0.25) is 0 Å². The van der Waals surface area contributed by atoms with Crippen LogP contribution in [0.4, 0.5) is 9.59 Å². The van der Waals surface area contributed by atoms with Gasteiger partial charge in [-0.15, -0.1) is 16.6 Å². The lowest BCUT2D eigenvalue weighted by molar-refractivity contribution is -0.0312. The number of benzene rings is 1. The highest BCUT2D eigenvalue weighted by atomic mass is 35.5. The number of nitrogens with zero attached hydrogens (tertiary/aromatic N) is 4. The number of nitrogens with two attached hydrogens (primary N) is 1. The largest absolute Gasteiger partial charge is 0.442 e. The van der Waals surface area contributed by atoms with Gasteiger partial charge in [0.15, 0.2) is 0 Å². The average Bonchev–Trinajstić information content (AvgIpc) is 2.71. The molecule has 34 heavy (non-hydrogen) atoms. The first-order chi connectivity index (χ1) is 15.7. The zero-order valence-electron chi connectivity index (χ0n) is 20.6. The molecule has 10 nitrogen and oxygen atoms in total. The number of aliphatic imine (C=N–C) groups is 1. The van der Waals surface area contributed by atoms with Crippen molar-refractivity contribution in [1.82, 2.24) is 14.9 Å². The summed E-state index contributed by atoms with van der Waals surface area (Å²) < 4.78 is 10.6. The van der Waals surface area contributed by atoms with Crippen molar-refractivity contribution in [2.45, 2.75) is 58.6 Å². The predicted molar refractivity (Wildman–Crippen MR) is 129 cm³/mol. The minimum atomic E-state index is -0.923. The Bertz CT molecular complexity index is 913. The number of alkyl halides is 1. The van der Waals surface area contributed by atoms with Crippen molar-refractivity contribution >= 4 is 35.7 Å². The van der Waals surface area contributed by atoms with E-state index in [-0.39, 0.29) is 25.0 Å². The van der Waals surface area contributed by atoms with E-state index in [1.165, 1.54) is 0 Å². The van der Waals surface area contributed by atoms with Gasteiger partial charge in [0.25, 0.3) is 5.91 Å². The Kier molecular flexibility index (Phi) is 8.90. The molecule has 0 aromatic heterocycles. The van der Waals surface area contributed by atoms with E-state index in [1.54, 1.807) is 63.6 Å². The topological polar surface area (TPSA) is 118 Å². The van der Waals surface area contributed by atoms with Crippen LogP contribution in [-0.2, 0) is 15.4 Å². The van der Waals surface area contributed by atoms with Gasteiger partial charge in [-0.1, -0.05) is 12.1 Å². The highest BCUT2D eigenvalue weighted by molar-refractivity contribution is 6.17. The van der Waals surface area contributed by atoms with E-state index >= 15 is 0 Å². The maximum atomic E-state index is 12.9. The summed E-state index contributed by atoms with van der Waals surface area (Å²) >= 11 is 5.82. The third kappa shape index (κ3) is 8.18. The number of ether oxygens (including phenoxy) is 2. The number of carbonyl (C=O) groups is 3. The zero-order valence-corrected chi connectivity index (χ0v) is 21.4. The first kappa shape index (κ1) is 27.4. The van der Waals surface area contributed by atoms with Crippen LogP contribution >= 0.6 is 11.6 Å². The number of halogens is 1. The summed E-state index contributed by atoms with van der Waals surface area (Å²) in [4.78, 5) is 43.4. The van der Waals surface area contributed by atoms with Gasteiger partial charge >= 0.3 is 12.2 Å². The zero-order chi connectivity index (χ0) is 25.7. The van der Waals surface area contributed by atoms with E-state index in [0.29, 0.717) is 24.5 Å². The van der Waals surface area contributed by atoms with Gasteiger partial charge in [-0.25, -0.2) is 14.6 Å². The minimum absolute atomic E-state index is 0.125. The van der Waals surface area contributed by atoms with Gasteiger partial charge < -0.3 is 20.1 Å². The molecule has 11 heteroatoms. The summed E-state index contributed by atoms with van der Waals surface area (Å²) in [6.45, 7) is 11.4. The molecule has 2 rings (SSSR count). The molecule has 1 aromatic rings. The number of carbonyl (C=O) groups excluding carboxylic acids is 3. The third-order valence-corrected chi connectivity index (χ3v) is 4.87. The second-order valence-corrected chi connectivity index (χ2v) is 10.1. The van der Waals surface area contributed by atoms with E-state index in [9.17, 15) is 14.4 Å². The summed E-state index contributed by atoms with van der Waals surface area (Å²) in [6.07, 6.45) is -1.71. The molecule has 1 heterocycles. The van der Waals surface area contributed by atoms with Gasteiger partial charge in [-0.3, -0.25) is 4.79 Å². The highest BCUT2D eigenvalue weighted by Crippen LogP contribution is 2.16. The molecule has 1 saturated heterocycles. The molecule has 3 amide bonds. The molecule has 1 fully saturated rings. The van der Waals surface area contributed by atoms with Crippen molar-refractivity contribution in [2.75, 3.05) is 26.2 Å². The van der Waals surface area contributed by atoms with Gasteiger partial charge in [-0.05, 0) is 59.2 Å². The predicted octanol–water partition coefficient (Wildman–Crippen LogP) is 3.59. The van der Waals surface area contributed by atoms with Crippen molar-refractivity contribution < 1.29 is 23.9 Å². The van der Waals surface area contributed by atoms with Crippen molar-refractivity contribution in [3.05, 3.63) is 35.4 Å². The van der Waals surface area contributed by atoms with Gasteiger partial charge in [0.05, 0.1) is 0 Å². The fraction of sp³-hybridized carbons (Fsp3) is 0.565. The molecular weight excluding hydrogens is 462 g/mol. The fourth-order valence-corrected chi connectivity index (χ4v) is 3.28. The normalized spacial score (nSPS) is 15.6. The van der Waals surface area contributed by atoms with Crippen molar-refractivity contribution in [2.24, 2.45) is 10.7 Å². The van der Waals surface area contributed by atoms with Crippen molar-refractivity contribution in [3.8, 4) is 0 Å². The molecule has 0 aliphatic carbocycles. The summed E-state index contributed by atoms with van der Waals surface area (Å²) in [5.41, 5.74) is 5.95. The molecule has 0 radical (unpaired) electrons. The van der Waals surface area contributed by atoms with Crippen LogP contribution in [0.5, 0.6) is 0 Å². The Morgan fingerprint density at radius 1 is 0.971 bits per heavy atom. The molecule has 1 aromatic carbocycles. The number of hydrazine groups is 1. The number of hydrogen-bond donors (Lipinski definition) is 1. The van der Waals surface area contributed by atoms with Crippen LogP contribution in [-0.4, -0.2) is 76.4 Å². The molecule has 0 bridgehead atoms. The Hall–Kier alpha value is -2.85. The maximum Gasteiger partial charge on any atom is 0.437 e.